The molecule has 0 aliphatic heterocycles. The van der Waals surface area contributed by atoms with E-state index in [9.17, 15) is 31.1 Å². The van der Waals surface area contributed by atoms with Crippen molar-refractivity contribution in [2.75, 3.05) is 18.4 Å². The Balaban J connectivity index is 1.64. The monoisotopic (exact) mass is 486 g/mol. The van der Waals surface area contributed by atoms with E-state index in [1.54, 1.807) is 13.8 Å². The second-order valence-corrected chi connectivity index (χ2v) is 7.53. The highest BCUT2D eigenvalue weighted by atomic mass is 19.4. The lowest BCUT2D eigenvalue weighted by Gasteiger charge is -2.13. The number of alkyl halides is 6. The zero-order chi connectivity index (χ0) is 25.1. The lowest BCUT2D eigenvalue weighted by molar-refractivity contribution is -0.138. The van der Waals surface area contributed by atoms with Gasteiger partial charge in [0.05, 0.1) is 28.6 Å². The van der Waals surface area contributed by atoms with Crippen LogP contribution in [0.1, 0.15) is 46.9 Å². The number of nitrogens with zero attached hydrogens (tertiary/aromatic N) is 4. The van der Waals surface area contributed by atoms with Crippen LogP contribution in [0.15, 0.2) is 42.9 Å². The number of halogens is 6. The number of aromatic nitrogens is 4. The zero-order valence-corrected chi connectivity index (χ0v) is 18.0. The van der Waals surface area contributed by atoms with Crippen LogP contribution in [0, 0.1) is 0 Å². The molecule has 0 radical (unpaired) electrons. The number of hydrogen-bond donors (Lipinski definition) is 2. The fraction of sp³-hybridized carbons (Fsp3) is 0.333. The van der Waals surface area contributed by atoms with E-state index in [-0.39, 0.29) is 36.2 Å². The first-order valence-electron chi connectivity index (χ1n) is 10.0. The molecule has 0 saturated carbocycles. The smallest absolute Gasteiger partial charge is 0.368 e. The molecule has 0 aliphatic rings. The minimum absolute atomic E-state index is 0.128. The largest absolute Gasteiger partial charge is 0.417 e. The van der Waals surface area contributed by atoms with Crippen molar-refractivity contribution in [2.45, 2.75) is 32.1 Å². The van der Waals surface area contributed by atoms with E-state index in [4.69, 9.17) is 0 Å². The van der Waals surface area contributed by atoms with Crippen LogP contribution in [-0.2, 0) is 12.4 Å². The highest BCUT2D eigenvalue weighted by Gasteiger charge is 2.31. The third-order valence-electron chi connectivity index (χ3n) is 4.70. The van der Waals surface area contributed by atoms with E-state index < -0.39 is 29.4 Å². The van der Waals surface area contributed by atoms with Crippen molar-refractivity contribution in [3.63, 3.8) is 0 Å². The van der Waals surface area contributed by atoms with Crippen LogP contribution in [-0.4, -0.2) is 38.7 Å². The predicted octanol–water partition coefficient (Wildman–Crippen LogP) is 4.67. The molecule has 0 saturated heterocycles. The van der Waals surface area contributed by atoms with Gasteiger partial charge in [-0.2, -0.15) is 31.4 Å². The van der Waals surface area contributed by atoms with Gasteiger partial charge in [-0.15, -0.1) is 0 Å². The van der Waals surface area contributed by atoms with Gasteiger partial charge < -0.3 is 10.6 Å². The van der Waals surface area contributed by atoms with E-state index in [1.165, 1.54) is 23.0 Å². The van der Waals surface area contributed by atoms with Crippen LogP contribution in [0.25, 0.3) is 5.82 Å². The van der Waals surface area contributed by atoms with Crippen LogP contribution < -0.4 is 10.6 Å². The molecule has 3 aromatic rings. The summed E-state index contributed by atoms with van der Waals surface area (Å²) >= 11 is 0. The lowest BCUT2D eigenvalue weighted by Crippen LogP contribution is -2.29. The Hall–Kier alpha value is -3.64. The summed E-state index contributed by atoms with van der Waals surface area (Å²) in [6.45, 7) is 3.91. The normalized spacial score (nSPS) is 12.1. The van der Waals surface area contributed by atoms with Crippen molar-refractivity contribution in [3.05, 3.63) is 65.2 Å². The maximum Gasteiger partial charge on any atom is 0.417 e. The quantitative estimate of drug-likeness (QED) is 0.375. The van der Waals surface area contributed by atoms with E-state index in [0.29, 0.717) is 18.1 Å². The number of carbonyl (C=O) groups excluding carboxylic acids is 1. The Morgan fingerprint density at radius 3 is 2.03 bits per heavy atom. The maximum absolute atomic E-state index is 12.8. The van der Waals surface area contributed by atoms with Crippen molar-refractivity contribution < 1.29 is 31.1 Å². The van der Waals surface area contributed by atoms with Crippen molar-refractivity contribution in [1.29, 1.82) is 0 Å². The number of amides is 1. The Bertz CT molecular complexity index is 1120. The molecule has 182 valence electrons. The molecule has 13 heteroatoms. The molecule has 0 fully saturated rings. The molecule has 0 unspecified atom stereocenters. The third-order valence-corrected chi connectivity index (χ3v) is 4.70. The molecular weight excluding hydrogens is 466 g/mol. The van der Waals surface area contributed by atoms with Gasteiger partial charge in [0, 0.05) is 25.5 Å². The average Bonchev–Trinajstić information content (AvgIpc) is 3.21. The van der Waals surface area contributed by atoms with Gasteiger partial charge in [0.1, 0.15) is 5.82 Å². The number of hydrogen-bond acceptors (Lipinski definition) is 5. The first-order chi connectivity index (χ1) is 15.9. The van der Waals surface area contributed by atoms with Crippen LogP contribution in [0.4, 0.5) is 32.2 Å². The number of pyridine rings is 2. The van der Waals surface area contributed by atoms with Gasteiger partial charge >= 0.3 is 12.4 Å². The molecule has 0 aliphatic carbocycles. The van der Waals surface area contributed by atoms with Gasteiger partial charge in [0.15, 0.2) is 5.82 Å². The summed E-state index contributed by atoms with van der Waals surface area (Å²) in [5.74, 6) is -0.331. The molecule has 3 rings (SSSR count). The molecule has 2 N–H and O–H groups in total. The summed E-state index contributed by atoms with van der Waals surface area (Å²) in [4.78, 5) is 20.2. The number of nitrogens with one attached hydrogen (secondary N) is 2. The average molecular weight is 486 g/mol. The molecule has 0 bridgehead atoms. The Kier molecular flexibility index (Phi) is 7.12. The summed E-state index contributed by atoms with van der Waals surface area (Å²) in [6, 6.07) is 4.13. The first-order valence-corrected chi connectivity index (χ1v) is 10.0. The molecule has 3 heterocycles. The van der Waals surface area contributed by atoms with Crippen LogP contribution in [0.2, 0.25) is 0 Å². The van der Waals surface area contributed by atoms with Gasteiger partial charge in [-0.25, -0.2) is 14.6 Å². The standard InChI is InChI=1S/C21H20F6N6O/c1-12(2)18-15(11-32-33(18)17-6-4-14(10-31-17)21(25,26)27)19(34)29-8-7-28-16-5-3-13(9-30-16)20(22,23)24/h3-6,9-12H,7-8H2,1-2H3,(H,28,30)(H,29,34). The van der Waals surface area contributed by atoms with Crippen LogP contribution in [0.3, 0.4) is 0 Å². The fourth-order valence-electron chi connectivity index (χ4n) is 3.08. The summed E-state index contributed by atoms with van der Waals surface area (Å²) in [6.07, 6.45) is -6.30. The third kappa shape index (κ3) is 5.83. The molecule has 34 heavy (non-hydrogen) atoms. The molecule has 7 nitrogen and oxygen atoms in total. The summed E-state index contributed by atoms with van der Waals surface area (Å²) < 4.78 is 77.4. The SMILES string of the molecule is CC(C)c1c(C(=O)NCCNc2ccc(C(F)(F)F)cn2)cnn1-c1ccc(C(F)(F)F)cn1. The van der Waals surface area contributed by atoms with E-state index in [0.717, 1.165) is 12.1 Å². The molecule has 0 spiro atoms. The molecule has 0 atom stereocenters. The number of anilines is 1. The number of carbonyl (C=O) groups is 1. The Morgan fingerprint density at radius 1 is 0.912 bits per heavy atom. The Labute approximate surface area is 190 Å². The maximum atomic E-state index is 12.8. The zero-order valence-electron chi connectivity index (χ0n) is 18.0. The van der Waals surface area contributed by atoms with Gasteiger partial charge in [-0.3, -0.25) is 4.79 Å². The minimum atomic E-state index is -4.52. The van der Waals surface area contributed by atoms with Crippen molar-refractivity contribution >= 4 is 11.7 Å². The van der Waals surface area contributed by atoms with Crippen molar-refractivity contribution in [1.82, 2.24) is 25.1 Å². The topological polar surface area (TPSA) is 84.7 Å². The molecular formula is C21H20F6N6O. The fourth-order valence-corrected chi connectivity index (χ4v) is 3.08. The molecule has 1 amide bonds. The van der Waals surface area contributed by atoms with Crippen molar-refractivity contribution in [3.8, 4) is 5.82 Å². The predicted molar refractivity (Wildman–Crippen MR) is 111 cm³/mol. The van der Waals surface area contributed by atoms with Crippen molar-refractivity contribution in [2.24, 2.45) is 0 Å². The second-order valence-electron chi connectivity index (χ2n) is 7.53. The van der Waals surface area contributed by atoms with Gasteiger partial charge in [-0.1, -0.05) is 13.8 Å². The van der Waals surface area contributed by atoms with Gasteiger partial charge in [0.2, 0.25) is 0 Å². The highest BCUT2D eigenvalue weighted by molar-refractivity contribution is 5.95. The lowest BCUT2D eigenvalue weighted by atomic mass is 10.1. The van der Waals surface area contributed by atoms with Gasteiger partial charge in [0.25, 0.3) is 5.91 Å². The summed E-state index contributed by atoms with van der Waals surface area (Å²) in [5.41, 5.74) is -1.08. The van der Waals surface area contributed by atoms with E-state index in [1.807, 2.05) is 0 Å². The molecule has 3 aromatic heterocycles. The van der Waals surface area contributed by atoms with Crippen LogP contribution >= 0.6 is 0 Å². The van der Waals surface area contributed by atoms with Crippen LogP contribution in [0.5, 0.6) is 0 Å². The van der Waals surface area contributed by atoms with E-state index in [2.05, 4.69) is 25.7 Å². The highest BCUT2D eigenvalue weighted by Crippen LogP contribution is 2.30. The minimum Gasteiger partial charge on any atom is -0.368 e. The first kappa shape index (κ1) is 25.0. The summed E-state index contributed by atoms with van der Waals surface area (Å²) in [5, 5.41) is 9.58. The number of rotatable bonds is 7. The summed E-state index contributed by atoms with van der Waals surface area (Å²) in [7, 11) is 0. The van der Waals surface area contributed by atoms with Gasteiger partial charge in [-0.05, 0) is 30.2 Å². The molecule has 0 aromatic carbocycles. The Morgan fingerprint density at radius 2 is 1.53 bits per heavy atom. The van der Waals surface area contributed by atoms with E-state index >= 15 is 0 Å². The second kappa shape index (κ2) is 9.69.